The van der Waals surface area contributed by atoms with Gasteiger partial charge < -0.3 is 10.6 Å². The first-order valence-electron chi connectivity index (χ1n) is 6.15. The summed E-state index contributed by atoms with van der Waals surface area (Å²) in [6.45, 7) is 5.42. The SMILES string of the molecule is C[C@H]1CNCCN1CC(=O)Nc1cccc(Br)c1. The molecule has 1 amide bonds. The smallest absolute Gasteiger partial charge is 0.238 e. The van der Waals surface area contributed by atoms with E-state index in [4.69, 9.17) is 0 Å². The van der Waals surface area contributed by atoms with Crippen LogP contribution in [0.15, 0.2) is 28.7 Å². The number of carbonyl (C=O) groups is 1. The molecule has 1 aromatic rings. The van der Waals surface area contributed by atoms with Gasteiger partial charge in [-0.3, -0.25) is 9.69 Å². The monoisotopic (exact) mass is 311 g/mol. The van der Waals surface area contributed by atoms with E-state index >= 15 is 0 Å². The van der Waals surface area contributed by atoms with E-state index in [-0.39, 0.29) is 5.91 Å². The third kappa shape index (κ3) is 3.80. The number of benzene rings is 1. The Morgan fingerprint density at radius 2 is 2.44 bits per heavy atom. The molecule has 18 heavy (non-hydrogen) atoms. The van der Waals surface area contributed by atoms with Crippen molar-refractivity contribution in [3.8, 4) is 0 Å². The second-order valence-corrected chi connectivity index (χ2v) is 5.50. The summed E-state index contributed by atoms with van der Waals surface area (Å²) in [5, 5.41) is 6.23. The first-order valence-corrected chi connectivity index (χ1v) is 6.94. The summed E-state index contributed by atoms with van der Waals surface area (Å²) >= 11 is 3.39. The average molecular weight is 312 g/mol. The van der Waals surface area contributed by atoms with E-state index in [1.165, 1.54) is 0 Å². The molecule has 5 heteroatoms. The molecule has 0 aromatic heterocycles. The largest absolute Gasteiger partial charge is 0.325 e. The zero-order chi connectivity index (χ0) is 13.0. The third-order valence-corrected chi connectivity index (χ3v) is 3.59. The molecule has 0 unspecified atom stereocenters. The molecule has 1 atom stereocenters. The first-order chi connectivity index (χ1) is 8.65. The van der Waals surface area contributed by atoms with Gasteiger partial charge in [0, 0.05) is 35.8 Å². The number of carbonyl (C=O) groups excluding carboxylic acids is 1. The van der Waals surface area contributed by atoms with Crippen molar-refractivity contribution in [1.29, 1.82) is 0 Å². The van der Waals surface area contributed by atoms with Gasteiger partial charge >= 0.3 is 0 Å². The molecule has 2 N–H and O–H groups in total. The Hall–Kier alpha value is -0.910. The van der Waals surface area contributed by atoms with Crippen molar-refractivity contribution >= 4 is 27.5 Å². The molecule has 1 aliphatic heterocycles. The van der Waals surface area contributed by atoms with Gasteiger partial charge in [-0.15, -0.1) is 0 Å². The molecule has 1 fully saturated rings. The van der Waals surface area contributed by atoms with Crippen LogP contribution in [0, 0.1) is 0 Å². The Kier molecular flexibility index (Phi) is 4.74. The third-order valence-electron chi connectivity index (χ3n) is 3.09. The Morgan fingerprint density at radius 1 is 1.61 bits per heavy atom. The molecule has 1 aromatic carbocycles. The van der Waals surface area contributed by atoms with Crippen LogP contribution in [0.1, 0.15) is 6.92 Å². The van der Waals surface area contributed by atoms with Crippen LogP contribution in [0.3, 0.4) is 0 Å². The number of piperazine rings is 1. The standard InChI is InChI=1S/C13H18BrN3O/c1-10-8-15-5-6-17(10)9-13(18)16-12-4-2-3-11(14)7-12/h2-4,7,10,15H,5-6,8-9H2,1H3,(H,16,18)/t10-/m0/s1. The lowest BCUT2D eigenvalue weighted by molar-refractivity contribution is -0.118. The van der Waals surface area contributed by atoms with Gasteiger partial charge in [0.1, 0.15) is 0 Å². The van der Waals surface area contributed by atoms with Crippen molar-refractivity contribution in [2.75, 3.05) is 31.5 Å². The molecule has 1 aliphatic rings. The summed E-state index contributed by atoms with van der Waals surface area (Å²) in [7, 11) is 0. The van der Waals surface area contributed by atoms with Gasteiger partial charge in [-0.25, -0.2) is 0 Å². The molecule has 1 heterocycles. The Balaban J connectivity index is 1.88. The minimum atomic E-state index is 0.0434. The van der Waals surface area contributed by atoms with Crippen molar-refractivity contribution < 1.29 is 4.79 Å². The van der Waals surface area contributed by atoms with Crippen LogP contribution >= 0.6 is 15.9 Å². The van der Waals surface area contributed by atoms with Gasteiger partial charge in [-0.05, 0) is 25.1 Å². The fourth-order valence-corrected chi connectivity index (χ4v) is 2.47. The molecule has 0 saturated carbocycles. The second-order valence-electron chi connectivity index (χ2n) is 4.58. The van der Waals surface area contributed by atoms with E-state index in [0.717, 1.165) is 29.8 Å². The summed E-state index contributed by atoms with van der Waals surface area (Å²) in [6.07, 6.45) is 0. The number of amides is 1. The van der Waals surface area contributed by atoms with E-state index in [0.29, 0.717) is 12.6 Å². The minimum absolute atomic E-state index is 0.0434. The quantitative estimate of drug-likeness (QED) is 0.892. The van der Waals surface area contributed by atoms with Crippen LogP contribution in [-0.2, 0) is 4.79 Å². The number of nitrogens with one attached hydrogen (secondary N) is 2. The van der Waals surface area contributed by atoms with Gasteiger partial charge in [-0.1, -0.05) is 22.0 Å². The highest BCUT2D eigenvalue weighted by atomic mass is 79.9. The average Bonchev–Trinajstić information content (AvgIpc) is 2.32. The number of hydrogen-bond acceptors (Lipinski definition) is 3. The zero-order valence-corrected chi connectivity index (χ0v) is 12.0. The summed E-state index contributed by atoms with van der Waals surface area (Å²) in [5.41, 5.74) is 0.831. The van der Waals surface area contributed by atoms with Crippen LogP contribution in [0.4, 0.5) is 5.69 Å². The maximum absolute atomic E-state index is 11.9. The van der Waals surface area contributed by atoms with Gasteiger partial charge in [0.05, 0.1) is 6.54 Å². The molecular weight excluding hydrogens is 294 g/mol. The van der Waals surface area contributed by atoms with Gasteiger partial charge in [0.2, 0.25) is 5.91 Å². The van der Waals surface area contributed by atoms with Gasteiger partial charge in [-0.2, -0.15) is 0 Å². The van der Waals surface area contributed by atoms with Crippen molar-refractivity contribution in [1.82, 2.24) is 10.2 Å². The summed E-state index contributed by atoms with van der Waals surface area (Å²) in [6, 6.07) is 8.05. The molecule has 0 bridgehead atoms. The predicted octanol–water partition coefficient (Wildman–Crippen LogP) is 1.68. The summed E-state index contributed by atoms with van der Waals surface area (Å²) < 4.78 is 0.968. The topological polar surface area (TPSA) is 44.4 Å². The van der Waals surface area contributed by atoms with Crippen molar-refractivity contribution in [2.24, 2.45) is 0 Å². The highest BCUT2D eigenvalue weighted by molar-refractivity contribution is 9.10. The Morgan fingerprint density at radius 3 is 3.17 bits per heavy atom. The van der Waals surface area contributed by atoms with Crippen LogP contribution in [-0.4, -0.2) is 43.0 Å². The van der Waals surface area contributed by atoms with E-state index in [2.05, 4.69) is 38.4 Å². The molecule has 2 rings (SSSR count). The fraction of sp³-hybridized carbons (Fsp3) is 0.462. The van der Waals surface area contributed by atoms with Crippen molar-refractivity contribution in [3.05, 3.63) is 28.7 Å². The molecule has 98 valence electrons. The minimum Gasteiger partial charge on any atom is -0.325 e. The highest BCUT2D eigenvalue weighted by Crippen LogP contribution is 2.15. The number of halogens is 1. The Bertz CT molecular complexity index is 424. The molecule has 4 nitrogen and oxygen atoms in total. The number of rotatable bonds is 3. The van der Waals surface area contributed by atoms with Gasteiger partial charge in [0.15, 0.2) is 0 Å². The van der Waals surface area contributed by atoms with E-state index in [9.17, 15) is 4.79 Å². The summed E-state index contributed by atoms with van der Waals surface area (Å²) in [5.74, 6) is 0.0434. The second kappa shape index (κ2) is 6.31. The number of anilines is 1. The van der Waals surface area contributed by atoms with E-state index in [1.807, 2.05) is 24.3 Å². The lowest BCUT2D eigenvalue weighted by atomic mass is 10.2. The summed E-state index contributed by atoms with van der Waals surface area (Å²) in [4.78, 5) is 14.1. The van der Waals surface area contributed by atoms with Crippen LogP contribution in [0.2, 0.25) is 0 Å². The maximum atomic E-state index is 11.9. The normalized spacial score (nSPS) is 20.7. The Labute approximate surface area is 116 Å². The molecule has 0 aliphatic carbocycles. The number of nitrogens with zero attached hydrogens (tertiary/aromatic N) is 1. The maximum Gasteiger partial charge on any atom is 0.238 e. The van der Waals surface area contributed by atoms with Crippen LogP contribution in [0.25, 0.3) is 0 Å². The lowest BCUT2D eigenvalue weighted by Crippen LogP contribution is -2.51. The molecular formula is C13H18BrN3O. The molecule has 0 radical (unpaired) electrons. The van der Waals surface area contributed by atoms with Gasteiger partial charge in [0.25, 0.3) is 0 Å². The van der Waals surface area contributed by atoms with Crippen molar-refractivity contribution in [3.63, 3.8) is 0 Å². The van der Waals surface area contributed by atoms with Crippen LogP contribution < -0.4 is 10.6 Å². The fourth-order valence-electron chi connectivity index (χ4n) is 2.07. The number of hydrogen-bond donors (Lipinski definition) is 2. The predicted molar refractivity (Wildman–Crippen MR) is 76.7 cm³/mol. The highest BCUT2D eigenvalue weighted by Gasteiger charge is 2.20. The first kappa shape index (κ1) is 13.5. The van der Waals surface area contributed by atoms with Crippen LogP contribution in [0.5, 0.6) is 0 Å². The molecule has 0 spiro atoms. The van der Waals surface area contributed by atoms with E-state index < -0.39 is 0 Å². The molecule has 1 saturated heterocycles. The van der Waals surface area contributed by atoms with Crippen molar-refractivity contribution in [2.45, 2.75) is 13.0 Å². The van der Waals surface area contributed by atoms with E-state index in [1.54, 1.807) is 0 Å². The zero-order valence-electron chi connectivity index (χ0n) is 10.4. The lowest BCUT2D eigenvalue weighted by Gasteiger charge is -2.33.